The first-order valence-corrected chi connectivity index (χ1v) is 6.32. The molecule has 0 aliphatic carbocycles. The van der Waals surface area contributed by atoms with Gasteiger partial charge in [0.25, 0.3) is 0 Å². The fraction of sp³-hybridized carbons (Fsp3) is 0.692. The molecule has 1 aromatic heterocycles. The molecule has 102 valence electrons. The highest BCUT2D eigenvalue weighted by Crippen LogP contribution is 2.19. The summed E-state index contributed by atoms with van der Waals surface area (Å²) in [7, 11) is 3.16. The summed E-state index contributed by atoms with van der Waals surface area (Å²) in [6.07, 6.45) is 2.26. The van der Waals surface area contributed by atoms with E-state index >= 15 is 0 Å². The Balaban J connectivity index is 2.70. The van der Waals surface area contributed by atoms with Crippen molar-refractivity contribution in [1.82, 2.24) is 9.97 Å². The maximum absolute atomic E-state index is 5.11. The van der Waals surface area contributed by atoms with Crippen molar-refractivity contribution < 1.29 is 9.47 Å². The highest BCUT2D eigenvalue weighted by atomic mass is 16.5. The van der Waals surface area contributed by atoms with Crippen LogP contribution in [0.4, 0.5) is 5.95 Å². The summed E-state index contributed by atoms with van der Waals surface area (Å²) < 4.78 is 10.2. The number of aromatic nitrogens is 2. The number of rotatable bonds is 7. The molecule has 0 fully saturated rings. The van der Waals surface area contributed by atoms with Gasteiger partial charge in [0.1, 0.15) is 0 Å². The maximum Gasteiger partial charge on any atom is 0.229 e. The van der Waals surface area contributed by atoms with Crippen LogP contribution in [0.1, 0.15) is 33.6 Å². The van der Waals surface area contributed by atoms with Gasteiger partial charge >= 0.3 is 0 Å². The van der Waals surface area contributed by atoms with E-state index in [-0.39, 0.29) is 0 Å². The molecule has 2 atom stereocenters. The van der Waals surface area contributed by atoms with Crippen LogP contribution in [0.25, 0.3) is 0 Å². The van der Waals surface area contributed by atoms with Gasteiger partial charge in [0, 0.05) is 6.04 Å². The normalized spacial score (nSPS) is 13.8. The van der Waals surface area contributed by atoms with Gasteiger partial charge in [-0.2, -0.15) is 9.97 Å². The number of nitrogens with one attached hydrogen (secondary N) is 1. The third kappa shape index (κ3) is 4.39. The summed E-state index contributed by atoms with van der Waals surface area (Å²) in [5, 5.41) is 3.27. The van der Waals surface area contributed by atoms with Crippen LogP contribution in [0.2, 0.25) is 0 Å². The predicted octanol–water partition coefficient (Wildman–Crippen LogP) is 2.73. The molecule has 0 aromatic carbocycles. The second-order valence-electron chi connectivity index (χ2n) is 4.57. The minimum atomic E-state index is 0.316. The Morgan fingerprint density at radius 1 is 1.17 bits per heavy atom. The van der Waals surface area contributed by atoms with Crippen molar-refractivity contribution in [3.8, 4) is 11.8 Å². The summed E-state index contributed by atoms with van der Waals surface area (Å²) in [6, 6.07) is 1.97. The molecule has 0 bridgehead atoms. The van der Waals surface area contributed by atoms with Crippen molar-refractivity contribution >= 4 is 5.95 Å². The van der Waals surface area contributed by atoms with E-state index in [1.54, 1.807) is 20.3 Å². The number of hydrogen-bond donors (Lipinski definition) is 1. The van der Waals surface area contributed by atoms with E-state index in [0.29, 0.717) is 29.7 Å². The average molecular weight is 253 g/mol. The van der Waals surface area contributed by atoms with Gasteiger partial charge in [0.15, 0.2) is 0 Å². The number of anilines is 1. The van der Waals surface area contributed by atoms with Gasteiger partial charge < -0.3 is 14.8 Å². The Labute approximate surface area is 109 Å². The number of hydrogen-bond acceptors (Lipinski definition) is 5. The number of nitrogens with zero attached hydrogens (tertiary/aromatic N) is 2. The first kappa shape index (κ1) is 14.5. The molecule has 5 heteroatoms. The molecule has 0 amide bonds. The van der Waals surface area contributed by atoms with Crippen LogP contribution >= 0.6 is 0 Å². The van der Waals surface area contributed by atoms with E-state index in [2.05, 4.69) is 36.1 Å². The van der Waals surface area contributed by atoms with Crippen LogP contribution in [0.5, 0.6) is 11.8 Å². The van der Waals surface area contributed by atoms with Crippen LogP contribution in [0.15, 0.2) is 6.07 Å². The van der Waals surface area contributed by atoms with Crippen LogP contribution in [0.3, 0.4) is 0 Å². The molecule has 1 N–H and O–H groups in total. The second-order valence-corrected chi connectivity index (χ2v) is 4.57. The van der Waals surface area contributed by atoms with Gasteiger partial charge in [-0.05, 0) is 19.3 Å². The summed E-state index contributed by atoms with van der Waals surface area (Å²) in [6.45, 7) is 6.56. The molecule has 0 aliphatic heterocycles. The molecule has 5 nitrogen and oxygen atoms in total. The van der Waals surface area contributed by atoms with Gasteiger partial charge in [-0.15, -0.1) is 0 Å². The van der Waals surface area contributed by atoms with Crippen LogP contribution < -0.4 is 14.8 Å². The van der Waals surface area contributed by atoms with Gasteiger partial charge in [-0.25, -0.2) is 0 Å². The Kier molecular flexibility index (Phi) is 5.68. The van der Waals surface area contributed by atoms with Crippen molar-refractivity contribution in [1.29, 1.82) is 0 Å². The molecule has 0 saturated heterocycles. The van der Waals surface area contributed by atoms with Crippen molar-refractivity contribution in [3.05, 3.63) is 6.07 Å². The minimum Gasteiger partial charge on any atom is -0.481 e. The Morgan fingerprint density at radius 2 is 1.72 bits per heavy atom. The van der Waals surface area contributed by atoms with E-state index < -0.39 is 0 Å². The predicted molar refractivity (Wildman–Crippen MR) is 72.3 cm³/mol. The van der Waals surface area contributed by atoms with E-state index in [1.165, 1.54) is 6.42 Å². The molecule has 0 spiro atoms. The Bertz CT molecular complexity index is 349. The quantitative estimate of drug-likeness (QED) is 0.809. The molecule has 0 radical (unpaired) electrons. The topological polar surface area (TPSA) is 56.3 Å². The van der Waals surface area contributed by atoms with Crippen molar-refractivity contribution in [3.63, 3.8) is 0 Å². The summed E-state index contributed by atoms with van der Waals surface area (Å²) >= 11 is 0. The zero-order valence-electron chi connectivity index (χ0n) is 11.9. The monoisotopic (exact) mass is 253 g/mol. The first-order valence-electron chi connectivity index (χ1n) is 6.32. The van der Waals surface area contributed by atoms with Crippen LogP contribution in [-0.4, -0.2) is 30.2 Å². The summed E-state index contributed by atoms with van der Waals surface area (Å²) in [5.41, 5.74) is 0. The molecule has 0 saturated carbocycles. The van der Waals surface area contributed by atoms with Gasteiger partial charge in [0.2, 0.25) is 17.7 Å². The molecule has 18 heavy (non-hydrogen) atoms. The third-order valence-electron chi connectivity index (χ3n) is 2.93. The lowest BCUT2D eigenvalue weighted by molar-refractivity contribution is 0.372. The van der Waals surface area contributed by atoms with Gasteiger partial charge in [-0.1, -0.05) is 20.3 Å². The van der Waals surface area contributed by atoms with E-state index in [9.17, 15) is 0 Å². The van der Waals surface area contributed by atoms with E-state index in [0.717, 1.165) is 6.42 Å². The standard InChI is InChI=1S/C13H23N3O2/c1-6-9(2)7-10(3)14-13-15-11(17-4)8-12(16-13)18-5/h8-10H,6-7H2,1-5H3,(H,14,15,16). The van der Waals surface area contributed by atoms with E-state index in [4.69, 9.17) is 9.47 Å². The van der Waals surface area contributed by atoms with Gasteiger partial charge in [-0.3, -0.25) is 0 Å². The molecule has 0 aliphatic rings. The first-order chi connectivity index (χ1) is 8.58. The number of methoxy groups -OCH3 is 2. The lowest BCUT2D eigenvalue weighted by Crippen LogP contribution is -2.20. The molecular weight excluding hydrogens is 230 g/mol. The smallest absolute Gasteiger partial charge is 0.229 e. The number of ether oxygens (including phenoxy) is 2. The lowest BCUT2D eigenvalue weighted by atomic mass is 10.0. The zero-order valence-corrected chi connectivity index (χ0v) is 11.9. The van der Waals surface area contributed by atoms with Crippen molar-refractivity contribution in [2.75, 3.05) is 19.5 Å². The minimum absolute atomic E-state index is 0.316. The largest absolute Gasteiger partial charge is 0.481 e. The maximum atomic E-state index is 5.11. The van der Waals surface area contributed by atoms with Gasteiger partial charge in [0.05, 0.1) is 20.3 Å². The third-order valence-corrected chi connectivity index (χ3v) is 2.93. The average Bonchev–Trinajstić information content (AvgIpc) is 2.37. The van der Waals surface area contributed by atoms with Crippen LogP contribution in [-0.2, 0) is 0 Å². The van der Waals surface area contributed by atoms with E-state index in [1.807, 2.05) is 0 Å². The summed E-state index contributed by atoms with van der Waals surface area (Å²) in [5.74, 6) is 2.22. The highest BCUT2D eigenvalue weighted by Gasteiger charge is 2.10. The van der Waals surface area contributed by atoms with Crippen LogP contribution in [0, 0.1) is 5.92 Å². The zero-order chi connectivity index (χ0) is 13.5. The molecular formula is C13H23N3O2. The Hall–Kier alpha value is -1.52. The highest BCUT2D eigenvalue weighted by molar-refractivity contribution is 5.34. The fourth-order valence-corrected chi connectivity index (χ4v) is 1.73. The Morgan fingerprint density at radius 3 is 2.17 bits per heavy atom. The molecule has 1 rings (SSSR count). The summed E-state index contributed by atoms with van der Waals surface area (Å²) in [4.78, 5) is 8.50. The lowest BCUT2D eigenvalue weighted by Gasteiger charge is -2.17. The molecule has 1 heterocycles. The SMILES string of the molecule is CCC(C)CC(C)Nc1nc(OC)cc(OC)n1. The second kappa shape index (κ2) is 7.03. The molecule has 1 aromatic rings. The van der Waals surface area contributed by atoms with Crippen molar-refractivity contribution in [2.24, 2.45) is 5.92 Å². The fourth-order valence-electron chi connectivity index (χ4n) is 1.73. The molecule has 2 unspecified atom stereocenters. The van der Waals surface area contributed by atoms with Crippen molar-refractivity contribution in [2.45, 2.75) is 39.7 Å².